The van der Waals surface area contributed by atoms with Gasteiger partial charge in [-0.2, -0.15) is 0 Å². The second-order valence-electron chi connectivity index (χ2n) is 7.25. The van der Waals surface area contributed by atoms with Crippen molar-refractivity contribution in [1.82, 2.24) is 15.6 Å². The lowest BCUT2D eigenvalue weighted by Crippen LogP contribution is -2.49. The molecule has 0 aliphatic heterocycles. The van der Waals surface area contributed by atoms with Gasteiger partial charge in [0.05, 0.1) is 20.5 Å². The Kier molecular flexibility index (Phi) is 8.73. The van der Waals surface area contributed by atoms with Gasteiger partial charge < -0.3 is 10.6 Å². The Bertz CT molecular complexity index is 916. The number of aryl methyl sites for hydroxylation is 2. The molecule has 30 heavy (non-hydrogen) atoms. The van der Waals surface area contributed by atoms with Crippen LogP contribution in [0.1, 0.15) is 47.7 Å². The van der Waals surface area contributed by atoms with E-state index < -0.39 is 16.9 Å². The lowest BCUT2D eigenvalue weighted by Gasteiger charge is -2.22. The Labute approximate surface area is 184 Å². The van der Waals surface area contributed by atoms with Gasteiger partial charge in [-0.05, 0) is 38.2 Å². The van der Waals surface area contributed by atoms with E-state index in [1.54, 1.807) is 11.3 Å². The predicted molar refractivity (Wildman–Crippen MR) is 117 cm³/mol. The first-order valence-corrected chi connectivity index (χ1v) is 10.9. The number of hydrogen-bond donors (Lipinski definition) is 2. The van der Waals surface area contributed by atoms with Crippen molar-refractivity contribution >= 4 is 40.4 Å². The molecule has 1 unspecified atom stereocenters. The smallest absolute Gasteiger partial charge is 0.270 e. The zero-order chi connectivity index (χ0) is 22.3. The highest BCUT2D eigenvalue weighted by Gasteiger charge is 2.25. The maximum atomic E-state index is 12.6. The monoisotopic (exact) mass is 452 g/mol. The summed E-state index contributed by atoms with van der Waals surface area (Å²) in [5.41, 5.74) is 0.897. The Morgan fingerprint density at radius 2 is 2.03 bits per heavy atom. The maximum absolute atomic E-state index is 12.6. The standard InChI is InChI=1S/C20H25ClN4O4S/c1-12(2)18(20(27)22-9-5-4-6-17-23-13(3)11-30-17)24-19(26)15-8-7-14(25(28)29)10-16(15)21/h7-8,10-12,18H,4-6,9H2,1-3H3,(H,22,27)(H,24,26). The molecule has 0 aliphatic rings. The summed E-state index contributed by atoms with van der Waals surface area (Å²) in [6, 6.07) is 2.86. The van der Waals surface area contributed by atoms with Gasteiger partial charge in [0.25, 0.3) is 11.6 Å². The molecule has 0 fully saturated rings. The zero-order valence-corrected chi connectivity index (χ0v) is 18.7. The van der Waals surface area contributed by atoms with Gasteiger partial charge in [-0.3, -0.25) is 19.7 Å². The first-order chi connectivity index (χ1) is 14.2. The average molecular weight is 453 g/mol. The minimum absolute atomic E-state index is 0.0398. The molecule has 0 radical (unpaired) electrons. The van der Waals surface area contributed by atoms with Crippen molar-refractivity contribution in [2.75, 3.05) is 6.54 Å². The third-order valence-electron chi connectivity index (χ3n) is 4.43. The van der Waals surface area contributed by atoms with Crippen molar-refractivity contribution in [3.8, 4) is 0 Å². The van der Waals surface area contributed by atoms with E-state index in [1.165, 1.54) is 12.1 Å². The van der Waals surface area contributed by atoms with Gasteiger partial charge in [0, 0.05) is 29.8 Å². The summed E-state index contributed by atoms with van der Waals surface area (Å²) in [5.74, 6) is -0.978. The van der Waals surface area contributed by atoms with E-state index >= 15 is 0 Å². The van der Waals surface area contributed by atoms with Crippen LogP contribution in [-0.2, 0) is 11.2 Å². The van der Waals surface area contributed by atoms with Crippen LogP contribution in [0.2, 0.25) is 5.02 Å². The molecule has 0 aliphatic carbocycles. The average Bonchev–Trinajstić information content (AvgIpc) is 3.10. The summed E-state index contributed by atoms with van der Waals surface area (Å²) in [4.78, 5) is 39.7. The zero-order valence-electron chi connectivity index (χ0n) is 17.1. The number of hydrogen-bond acceptors (Lipinski definition) is 6. The fourth-order valence-corrected chi connectivity index (χ4v) is 3.87. The lowest BCUT2D eigenvalue weighted by atomic mass is 10.0. The van der Waals surface area contributed by atoms with Crippen LogP contribution in [0.5, 0.6) is 0 Å². The van der Waals surface area contributed by atoms with Gasteiger partial charge in [0.2, 0.25) is 5.91 Å². The van der Waals surface area contributed by atoms with Gasteiger partial charge >= 0.3 is 0 Å². The lowest BCUT2D eigenvalue weighted by molar-refractivity contribution is -0.384. The second-order valence-corrected chi connectivity index (χ2v) is 8.60. The summed E-state index contributed by atoms with van der Waals surface area (Å²) < 4.78 is 0. The van der Waals surface area contributed by atoms with Crippen molar-refractivity contribution in [3.05, 3.63) is 55.0 Å². The number of carbonyl (C=O) groups is 2. The number of nitro groups is 1. The number of carbonyl (C=O) groups excluding carboxylic acids is 2. The van der Waals surface area contributed by atoms with Gasteiger partial charge in [0.15, 0.2) is 0 Å². The van der Waals surface area contributed by atoms with E-state index in [9.17, 15) is 19.7 Å². The van der Waals surface area contributed by atoms with Gasteiger partial charge in [-0.25, -0.2) is 4.98 Å². The van der Waals surface area contributed by atoms with Crippen LogP contribution in [0.25, 0.3) is 0 Å². The summed E-state index contributed by atoms with van der Waals surface area (Å²) in [7, 11) is 0. The molecule has 1 atom stereocenters. The molecule has 0 spiro atoms. The maximum Gasteiger partial charge on any atom is 0.270 e. The Morgan fingerprint density at radius 3 is 2.60 bits per heavy atom. The largest absolute Gasteiger partial charge is 0.354 e. The second kappa shape index (κ2) is 11.0. The molecule has 1 aromatic heterocycles. The fourth-order valence-electron chi connectivity index (χ4n) is 2.80. The van der Waals surface area contributed by atoms with Crippen LogP contribution in [-0.4, -0.2) is 34.3 Å². The number of aromatic nitrogens is 1. The third-order valence-corrected chi connectivity index (χ3v) is 5.77. The molecule has 2 amide bonds. The minimum Gasteiger partial charge on any atom is -0.354 e. The van der Waals surface area contributed by atoms with Crippen LogP contribution in [0.4, 0.5) is 5.69 Å². The van der Waals surface area contributed by atoms with Crippen LogP contribution >= 0.6 is 22.9 Å². The predicted octanol–water partition coefficient (Wildman–Crippen LogP) is 3.91. The molecule has 2 N–H and O–H groups in total. The van der Waals surface area contributed by atoms with E-state index in [-0.39, 0.29) is 28.1 Å². The molecule has 162 valence electrons. The number of halogens is 1. The van der Waals surface area contributed by atoms with Crippen molar-refractivity contribution in [2.45, 2.75) is 46.1 Å². The number of rotatable bonds is 10. The van der Waals surface area contributed by atoms with Crippen molar-refractivity contribution < 1.29 is 14.5 Å². The molecule has 0 bridgehead atoms. The van der Waals surface area contributed by atoms with Crippen molar-refractivity contribution in [3.63, 3.8) is 0 Å². The third kappa shape index (κ3) is 6.77. The molecule has 0 saturated heterocycles. The minimum atomic E-state index is -0.745. The SMILES string of the molecule is Cc1csc(CCCCNC(=O)C(NC(=O)c2ccc([N+](=O)[O-])cc2Cl)C(C)C)n1. The number of unbranched alkanes of at least 4 members (excludes halogenated alkanes) is 1. The summed E-state index contributed by atoms with van der Waals surface area (Å²) in [6.07, 6.45) is 2.58. The molecule has 1 heterocycles. The van der Waals surface area contributed by atoms with Crippen LogP contribution in [0.3, 0.4) is 0 Å². The van der Waals surface area contributed by atoms with E-state index in [0.29, 0.717) is 6.54 Å². The highest BCUT2D eigenvalue weighted by atomic mass is 35.5. The number of nitrogens with zero attached hydrogens (tertiary/aromatic N) is 2. The Hall–Kier alpha value is -2.52. The normalized spacial score (nSPS) is 11.9. The van der Waals surface area contributed by atoms with Gasteiger partial charge in [-0.15, -0.1) is 11.3 Å². The highest BCUT2D eigenvalue weighted by Crippen LogP contribution is 2.22. The highest BCUT2D eigenvalue weighted by molar-refractivity contribution is 7.09. The molecule has 1 aromatic carbocycles. The number of benzene rings is 1. The molecule has 8 nitrogen and oxygen atoms in total. The number of nitro benzene ring substituents is 1. The number of non-ortho nitro benzene ring substituents is 1. The summed E-state index contributed by atoms with van der Waals surface area (Å²) in [6.45, 7) is 6.12. The van der Waals surface area contributed by atoms with E-state index in [2.05, 4.69) is 15.6 Å². The van der Waals surface area contributed by atoms with E-state index in [1.807, 2.05) is 26.2 Å². The molecule has 2 rings (SSSR count). The van der Waals surface area contributed by atoms with Crippen molar-refractivity contribution in [1.29, 1.82) is 0 Å². The molecule has 0 saturated carbocycles. The quantitative estimate of drug-likeness (QED) is 0.322. The number of thiazole rings is 1. The number of nitrogens with one attached hydrogen (secondary N) is 2. The van der Waals surface area contributed by atoms with Crippen LogP contribution in [0, 0.1) is 23.0 Å². The summed E-state index contributed by atoms with van der Waals surface area (Å²) in [5, 5.41) is 19.4. The molecule has 2 aromatic rings. The van der Waals surface area contributed by atoms with E-state index in [4.69, 9.17) is 11.6 Å². The van der Waals surface area contributed by atoms with Crippen LogP contribution in [0.15, 0.2) is 23.6 Å². The first kappa shape index (κ1) is 23.8. The summed E-state index contributed by atoms with van der Waals surface area (Å²) >= 11 is 7.65. The van der Waals surface area contributed by atoms with Gasteiger partial charge in [-0.1, -0.05) is 25.4 Å². The molecular formula is C20H25ClN4O4S. The molecular weight excluding hydrogens is 428 g/mol. The van der Waals surface area contributed by atoms with Crippen molar-refractivity contribution in [2.24, 2.45) is 5.92 Å². The Morgan fingerprint density at radius 1 is 1.30 bits per heavy atom. The molecule has 10 heteroatoms. The van der Waals surface area contributed by atoms with E-state index in [0.717, 1.165) is 36.0 Å². The first-order valence-electron chi connectivity index (χ1n) is 9.62. The van der Waals surface area contributed by atoms with Crippen LogP contribution < -0.4 is 10.6 Å². The van der Waals surface area contributed by atoms with Gasteiger partial charge in [0.1, 0.15) is 6.04 Å². The Balaban J connectivity index is 1.87. The fraction of sp³-hybridized carbons (Fsp3) is 0.450. The topological polar surface area (TPSA) is 114 Å². The number of amides is 2.